The topological polar surface area (TPSA) is 58.3 Å². The summed E-state index contributed by atoms with van der Waals surface area (Å²) in [5.41, 5.74) is 5.62. The Morgan fingerprint density at radius 1 is 1.10 bits per heavy atom. The van der Waals surface area contributed by atoms with Crippen molar-refractivity contribution in [2.75, 3.05) is 25.0 Å². The van der Waals surface area contributed by atoms with Crippen LogP contribution in [-0.4, -0.2) is 45.1 Å². The van der Waals surface area contributed by atoms with Crippen LogP contribution in [0.3, 0.4) is 0 Å². The van der Waals surface area contributed by atoms with Gasteiger partial charge in [0, 0.05) is 25.8 Å². The summed E-state index contributed by atoms with van der Waals surface area (Å²) in [6.07, 6.45) is 11.4. The van der Waals surface area contributed by atoms with Crippen LogP contribution in [0, 0.1) is 5.92 Å². The Labute approximate surface area is 229 Å². The molecule has 6 rings (SSSR count). The molecule has 39 heavy (non-hydrogen) atoms. The molecular weight excluding hydrogens is 487 g/mol. The van der Waals surface area contributed by atoms with Gasteiger partial charge in [-0.25, -0.2) is 9.37 Å². The van der Waals surface area contributed by atoms with Crippen molar-refractivity contribution in [1.29, 1.82) is 0 Å². The molecular formula is C32H35FN6. The largest absolute Gasteiger partial charge is 0.352 e. The standard InChI is InChI=1S/C32H35FN6/c1-22(2)21-38-16-13-24(14-17-38)35-29-19-32-30(18-28(29)36-25-6-5-15-34-20-25)37-27-7-3-4-8-31(27)39(32)26-11-9-23(33)10-12-26/h3-11,15,18-20,22,24,26,36H,12-14,16-17,21H2,1-2H3. The molecule has 7 heteroatoms. The Balaban J connectivity index is 1.48. The Morgan fingerprint density at radius 2 is 1.95 bits per heavy atom. The first-order valence-electron chi connectivity index (χ1n) is 14.0. The molecule has 2 aliphatic heterocycles. The van der Waals surface area contributed by atoms with Crippen molar-refractivity contribution < 1.29 is 4.39 Å². The molecule has 1 atom stereocenters. The number of pyridine rings is 1. The fraction of sp³-hybridized carbons (Fsp3) is 0.344. The van der Waals surface area contributed by atoms with Crippen LogP contribution in [0.2, 0.25) is 0 Å². The number of allylic oxidation sites excluding steroid dienone is 4. The summed E-state index contributed by atoms with van der Waals surface area (Å²) >= 11 is 0. The Morgan fingerprint density at radius 3 is 2.69 bits per heavy atom. The van der Waals surface area contributed by atoms with Gasteiger partial charge < -0.3 is 14.8 Å². The number of nitrogens with zero attached hydrogens (tertiary/aromatic N) is 5. The Hall–Kier alpha value is -3.84. The van der Waals surface area contributed by atoms with E-state index in [-0.39, 0.29) is 17.9 Å². The zero-order chi connectivity index (χ0) is 26.8. The summed E-state index contributed by atoms with van der Waals surface area (Å²) in [7, 11) is 0. The summed E-state index contributed by atoms with van der Waals surface area (Å²) in [4.78, 5) is 17.2. The van der Waals surface area contributed by atoms with Crippen LogP contribution in [0.1, 0.15) is 39.2 Å². The van der Waals surface area contributed by atoms with Crippen LogP contribution in [0.5, 0.6) is 0 Å². The van der Waals surface area contributed by atoms with Crippen molar-refractivity contribution in [3.63, 3.8) is 0 Å². The van der Waals surface area contributed by atoms with E-state index < -0.39 is 0 Å². The van der Waals surface area contributed by atoms with Gasteiger partial charge in [-0.3, -0.25) is 9.98 Å². The monoisotopic (exact) mass is 522 g/mol. The summed E-state index contributed by atoms with van der Waals surface area (Å²) in [5.74, 6) is 0.487. The molecule has 4 aliphatic rings. The molecule has 0 saturated carbocycles. The third kappa shape index (κ3) is 5.64. The fourth-order valence-electron chi connectivity index (χ4n) is 5.75. The number of benzene rings is 2. The SMILES string of the molecule is CC(C)CN1CCC(N=c2cc3n(C4C=CC(F)=CC4)c4ccccc4nc-3cc2Nc2cccnc2)CC1. The zero-order valence-corrected chi connectivity index (χ0v) is 22.6. The van der Waals surface area contributed by atoms with E-state index in [1.165, 1.54) is 0 Å². The molecule has 1 aromatic heterocycles. The minimum Gasteiger partial charge on any atom is -0.352 e. The zero-order valence-electron chi connectivity index (χ0n) is 22.6. The van der Waals surface area contributed by atoms with Gasteiger partial charge in [0.15, 0.2) is 0 Å². The highest BCUT2D eigenvalue weighted by atomic mass is 19.1. The molecule has 0 spiro atoms. The van der Waals surface area contributed by atoms with Gasteiger partial charge in [0.05, 0.1) is 57.4 Å². The molecule has 0 bridgehead atoms. The van der Waals surface area contributed by atoms with Gasteiger partial charge in [-0.1, -0.05) is 32.1 Å². The van der Waals surface area contributed by atoms with Crippen LogP contribution >= 0.6 is 0 Å². The number of halogens is 1. The lowest BCUT2D eigenvalue weighted by Gasteiger charge is -2.31. The van der Waals surface area contributed by atoms with Gasteiger partial charge in [-0.15, -0.1) is 0 Å². The van der Waals surface area contributed by atoms with E-state index in [0.29, 0.717) is 12.3 Å². The average Bonchev–Trinajstić information content (AvgIpc) is 2.94. The van der Waals surface area contributed by atoms with Crippen LogP contribution in [0.25, 0.3) is 22.4 Å². The van der Waals surface area contributed by atoms with Crippen molar-refractivity contribution in [2.45, 2.75) is 45.2 Å². The normalized spacial score (nSPS) is 19.2. The summed E-state index contributed by atoms with van der Waals surface area (Å²) in [6.45, 7) is 7.84. The van der Waals surface area contributed by atoms with E-state index in [2.05, 4.69) is 51.8 Å². The molecule has 0 amide bonds. The molecule has 200 valence electrons. The Kier molecular flexibility index (Phi) is 7.24. The molecule has 0 radical (unpaired) electrons. The van der Waals surface area contributed by atoms with Crippen LogP contribution in [0.15, 0.2) is 90.0 Å². The maximum atomic E-state index is 13.9. The second-order valence-corrected chi connectivity index (χ2v) is 11.0. The van der Waals surface area contributed by atoms with Gasteiger partial charge >= 0.3 is 0 Å². The molecule has 1 unspecified atom stereocenters. The smallest absolute Gasteiger partial charge is 0.119 e. The second kappa shape index (κ2) is 11.1. The van der Waals surface area contributed by atoms with Gasteiger partial charge in [-0.2, -0.15) is 0 Å². The molecule has 1 fully saturated rings. The minimum absolute atomic E-state index is 0.0100. The van der Waals surface area contributed by atoms with E-state index >= 15 is 0 Å². The van der Waals surface area contributed by atoms with E-state index in [4.69, 9.17) is 9.98 Å². The quantitative estimate of drug-likeness (QED) is 0.288. The number of para-hydroxylation sites is 2. The van der Waals surface area contributed by atoms with Gasteiger partial charge in [-0.05, 0) is 73.7 Å². The van der Waals surface area contributed by atoms with Crippen LogP contribution < -0.4 is 10.7 Å². The number of anilines is 2. The Bertz CT molecular complexity index is 1550. The van der Waals surface area contributed by atoms with Gasteiger partial charge in [0.1, 0.15) is 5.83 Å². The fourth-order valence-corrected chi connectivity index (χ4v) is 5.75. The number of fused-ring (bicyclic) bond motifs is 2. The number of likely N-dealkylation sites (tertiary alicyclic amines) is 1. The third-order valence-electron chi connectivity index (χ3n) is 7.54. The lowest BCUT2D eigenvalue weighted by atomic mass is 10.0. The van der Waals surface area contributed by atoms with Crippen LogP contribution in [-0.2, 0) is 0 Å². The van der Waals surface area contributed by atoms with Crippen molar-refractivity contribution in [3.8, 4) is 11.4 Å². The predicted octanol–water partition coefficient (Wildman–Crippen LogP) is 6.66. The molecule has 3 heterocycles. The number of rotatable bonds is 6. The molecule has 2 aromatic rings. The molecule has 6 nitrogen and oxygen atoms in total. The molecule has 1 saturated heterocycles. The second-order valence-electron chi connectivity index (χ2n) is 11.0. The van der Waals surface area contributed by atoms with Crippen molar-refractivity contribution in [2.24, 2.45) is 10.9 Å². The number of hydrogen-bond donors (Lipinski definition) is 1. The highest BCUT2D eigenvalue weighted by molar-refractivity contribution is 5.82. The first-order chi connectivity index (χ1) is 19.0. The van der Waals surface area contributed by atoms with Crippen LogP contribution in [0.4, 0.5) is 15.8 Å². The number of aromatic nitrogens is 3. The lowest BCUT2D eigenvalue weighted by Crippen LogP contribution is -2.38. The first kappa shape index (κ1) is 25.4. The number of nitrogens with one attached hydrogen (secondary N) is 1. The highest BCUT2D eigenvalue weighted by Gasteiger charge is 2.23. The first-order valence-corrected chi connectivity index (χ1v) is 14.0. The highest BCUT2D eigenvalue weighted by Crippen LogP contribution is 2.34. The van der Waals surface area contributed by atoms with E-state index in [1.54, 1.807) is 18.3 Å². The lowest BCUT2D eigenvalue weighted by molar-refractivity contribution is 0.192. The number of piperidine rings is 1. The van der Waals surface area contributed by atoms with Crippen molar-refractivity contribution in [3.05, 3.63) is 90.3 Å². The average molecular weight is 523 g/mol. The van der Waals surface area contributed by atoms with E-state index in [9.17, 15) is 4.39 Å². The minimum atomic E-state index is -0.183. The predicted molar refractivity (Wildman–Crippen MR) is 156 cm³/mol. The van der Waals surface area contributed by atoms with Crippen molar-refractivity contribution >= 4 is 22.4 Å². The summed E-state index contributed by atoms with van der Waals surface area (Å²) < 4.78 is 16.2. The van der Waals surface area contributed by atoms with Gasteiger partial charge in [0.2, 0.25) is 0 Å². The maximum Gasteiger partial charge on any atom is 0.119 e. The molecule has 1 aromatic carbocycles. The molecule has 1 N–H and O–H groups in total. The van der Waals surface area contributed by atoms with Gasteiger partial charge in [0.25, 0.3) is 0 Å². The summed E-state index contributed by atoms with van der Waals surface area (Å²) in [6, 6.07) is 16.6. The summed E-state index contributed by atoms with van der Waals surface area (Å²) in [5, 5.41) is 4.47. The molecule has 2 aliphatic carbocycles. The third-order valence-corrected chi connectivity index (χ3v) is 7.54. The van der Waals surface area contributed by atoms with Crippen molar-refractivity contribution in [1.82, 2.24) is 19.4 Å². The maximum absolute atomic E-state index is 13.9. The number of hydrogen-bond acceptors (Lipinski definition) is 5. The van der Waals surface area contributed by atoms with E-state index in [0.717, 1.165) is 71.6 Å². The van der Waals surface area contributed by atoms with E-state index in [1.807, 2.05) is 42.6 Å².